The number of halogens is 1. The maximum Gasteiger partial charge on any atom is 0.101 e. The second-order valence-electron chi connectivity index (χ2n) is 4.64. The number of carboxylic acid groups (broad SMARTS) is 1. The van der Waals surface area contributed by atoms with Gasteiger partial charge in [0.1, 0.15) is 6.54 Å². The van der Waals surface area contributed by atoms with E-state index in [1.807, 2.05) is 36.4 Å². The van der Waals surface area contributed by atoms with Crippen molar-refractivity contribution in [2.75, 3.05) is 6.54 Å². The molecule has 0 aromatic heterocycles. The molecule has 2 rings (SSSR count). The third-order valence-corrected chi connectivity index (χ3v) is 3.37. The van der Waals surface area contributed by atoms with Gasteiger partial charge in [0.2, 0.25) is 0 Å². The van der Waals surface area contributed by atoms with Crippen LogP contribution in [0.2, 0.25) is 5.02 Å². The van der Waals surface area contributed by atoms with Gasteiger partial charge in [0, 0.05) is 17.0 Å². The average Bonchev–Trinajstić information content (AvgIpc) is 2.46. The van der Waals surface area contributed by atoms with E-state index in [0.717, 1.165) is 30.1 Å². The molecular formula is C16H16ClNO2. The van der Waals surface area contributed by atoms with Crippen LogP contribution in [0.15, 0.2) is 48.5 Å². The van der Waals surface area contributed by atoms with Crippen molar-refractivity contribution in [3.8, 4) is 0 Å². The Hall–Kier alpha value is -1.84. The number of nitrogens with two attached hydrogens (primary N) is 1. The van der Waals surface area contributed by atoms with Crippen LogP contribution >= 0.6 is 11.6 Å². The van der Waals surface area contributed by atoms with Gasteiger partial charge < -0.3 is 15.2 Å². The summed E-state index contributed by atoms with van der Waals surface area (Å²) in [5.41, 5.74) is 2.58. The molecule has 2 N–H and O–H groups in total. The Morgan fingerprint density at radius 2 is 1.60 bits per heavy atom. The summed E-state index contributed by atoms with van der Waals surface area (Å²) >= 11 is 5.83. The van der Waals surface area contributed by atoms with E-state index in [4.69, 9.17) is 11.6 Å². The molecule has 2 aromatic carbocycles. The highest BCUT2D eigenvalue weighted by Crippen LogP contribution is 2.09. The highest BCUT2D eigenvalue weighted by Gasteiger charge is 1.99. The van der Waals surface area contributed by atoms with Crippen molar-refractivity contribution in [3.63, 3.8) is 0 Å². The lowest BCUT2D eigenvalue weighted by Crippen LogP contribution is -2.83. The summed E-state index contributed by atoms with van der Waals surface area (Å²) in [6.07, 6.45) is 0.980. The van der Waals surface area contributed by atoms with Gasteiger partial charge in [-0.2, -0.15) is 0 Å². The molecule has 0 atom stereocenters. The van der Waals surface area contributed by atoms with Crippen molar-refractivity contribution in [2.24, 2.45) is 0 Å². The largest absolute Gasteiger partial charge is 0.545 e. The first-order chi connectivity index (χ1) is 9.65. The van der Waals surface area contributed by atoms with Crippen LogP contribution in [0.3, 0.4) is 0 Å². The number of carbonyl (C=O) groups excluding carboxylic acids is 1. The maximum absolute atomic E-state index is 10.6. The number of rotatable bonds is 6. The van der Waals surface area contributed by atoms with Crippen LogP contribution in [-0.2, 0) is 13.0 Å². The molecule has 2 aromatic rings. The van der Waals surface area contributed by atoms with Gasteiger partial charge in [-0.3, -0.25) is 0 Å². The number of aromatic carboxylic acids is 1. The summed E-state index contributed by atoms with van der Waals surface area (Å²) in [5, 5.41) is 13.6. The molecule has 0 radical (unpaired) electrons. The minimum absolute atomic E-state index is 0.218. The Kier molecular flexibility index (Phi) is 5.16. The van der Waals surface area contributed by atoms with Crippen LogP contribution in [0, 0.1) is 0 Å². The van der Waals surface area contributed by atoms with Gasteiger partial charge in [-0.1, -0.05) is 48.0 Å². The number of quaternary nitrogens is 1. The lowest BCUT2D eigenvalue weighted by molar-refractivity contribution is -0.670. The minimum atomic E-state index is -1.14. The minimum Gasteiger partial charge on any atom is -0.545 e. The van der Waals surface area contributed by atoms with Crippen molar-refractivity contribution in [1.82, 2.24) is 0 Å². The van der Waals surface area contributed by atoms with Crippen LogP contribution in [0.4, 0.5) is 0 Å². The Balaban J connectivity index is 1.75. The van der Waals surface area contributed by atoms with Crippen LogP contribution in [0.25, 0.3) is 0 Å². The number of hydrogen-bond acceptors (Lipinski definition) is 2. The molecule has 0 heterocycles. The number of benzene rings is 2. The van der Waals surface area contributed by atoms with Gasteiger partial charge in [0.05, 0.1) is 12.5 Å². The Bertz CT molecular complexity index is 564. The van der Waals surface area contributed by atoms with Crippen molar-refractivity contribution >= 4 is 17.6 Å². The van der Waals surface area contributed by atoms with Gasteiger partial charge in [-0.15, -0.1) is 0 Å². The van der Waals surface area contributed by atoms with Gasteiger partial charge in [-0.25, -0.2) is 0 Å². The Labute approximate surface area is 123 Å². The first-order valence-corrected chi connectivity index (χ1v) is 6.89. The summed E-state index contributed by atoms with van der Waals surface area (Å²) in [5.74, 6) is -1.14. The summed E-state index contributed by atoms with van der Waals surface area (Å²) in [6.45, 7) is 1.81. The quantitative estimate of drug-likeness (QED) is 0.807. The monoisotopic (exact) mass is 289 g/mol. The summed E-state index contributed by atoms with van der Waals surface area (Å²) in [6, 6.07) is 14.7. The van der Waals surface area contributed by atoms with E-state index in [1.54, 1.807) is 12.1 Å². The Morgan fingerprint density at radius 3 is 2.20 bits per heavy atom. The summed E-state index contributed by atoms with van der Waals surface area (Å²) in [4.78, 5) is 10.6. The predicted octanol–water partition coefficient (Wildman–Crippen LogP) is 1.01. The maximum atomic E-state index is 10.6. The summed E-state index contributed by atoms with van der Waals surface area (Å²) in [7, 11) is 0. The average molecular weight is 290 g/mol. The Morgan fingerprint density at radius 1 is 1.00 bits per heavy atom. The van der Waals surface area contributed by atoms with Gasteiger partial charge in [-0.05, 0) is 23.3 Å². The van der Waals surface area contributed by atoms with Crippen molar-refractivity contribution in [1.29, 1.82) is 0 Å². The number of carboxylic acids is 1. The van der Waals surface area contributed by atoms with E-state index < -0.39 is 5.97 Å². The molecular weight excluding hydrogens is 274 g/mol. The van der Waals surface area contributed by atoms with Crippen LogP contribution < -0.4 is 10.4 Å². The van der Waals surface area contributed by atoms with Crippen LogP contribution in [-0.4, -0.2) is 12.5 Å². The lowest BCUT2D eigenvalue weighted by atomic mass is 10.1. The van der Waals surface area contributed by atoms with E-state index >= 15 is 0 Å². The first kappa shape index (κ1) is 14.6. The highest BCUT2D eigenvalue weighted by atomic mass is 35.5. The molecule has 0 aliphatic rings. The van der Waals surface area contributed by atoms with E-state index in [9.17, 15) is 9.90 Å². The molecule has 4 heteroatoms. The molecule has 0 unspecified atom stereocenters. The molecule has 0 fully saturated rings. The fraction of sp³-hybridized carbons (Fsp3) is 0.188. The number of carbonyl (C=O) groups is 1. The van der Waals surface area contributed by atoms with Gasteiger partial charge in [0.25, 0.3) is 0 Å². The molecule has 0 spiro atoms. The van der Waals surface area contributed by atoms with E-state index in [1.165, 1.54) is 5.56 Å². The standard InChI is InChI=1S/C16H16ClNO2/c17-15-7-3-12(4-8-15)9-10-18-11-13-1-5-14(6-2-13)16(19)20/h1-8,18H,9-11H2,(H,19,20). The zero-order valence-corrected chi connectivity index (χ0v) is 11.8. The second kappa shape index (κ2) is 7.08. The fourth-order valence-electron chi connectivity index (χ4n) is 1.97. The first-order valence-electron chi connectivity index (χ1n) is 6.51. The van der Waals surface area contributed by atoms with Crippen molar-refractivity contribution < 1.29 is 15.2 Å². The molecule has 0 aliphatic carbocycles. The van der Waals surface area contributed by atoms with Crippen LogP contribution in [0.5, 0.6) is 0 Å². The second-order valence-corrected chi connectivity index (χ2v) is 5.08. The number of hydrogen-bond donors (Lipinski definition) is 1. The van der Waals surface area contributed by atoms with Gasteiger partial charge in [0.15, 0.2) is 0 Å². The van der Waals surface area contributed by atoms with E-state index in [-0.39, 0.29) is 5.56 Å². The fourth-order valence-corrected chi connectivity index (χ4v) is 2.09. The highest BCUT2D eigenvalue weighted by molar-refractivity contribution is 6.30. The lowest BCUT2D eigenvalue weighted by Gasteiger charge is -2.05. The molecule has 20 heavy (non-hydrogen) atoms. The van der Waals surface area contributed by atoms with Crippen LogP contribution in [0.1, 0.15) is 21.5 Å². The molecule has 0 saturated carbocycles. The SMILES string of the molecule is O=C([O-])c1ccc(C[NH2+]CCc2ccc(Cl)cc2)cc1. The van der Waals surface area contributed by atoms with Crippen molar-refractivity contribution in [3.05, 3.63) is 70.2 Å². The van der Waals surface area contributed by atoms with Crippen molar-refractivity contribution in [2.45, 2.75) is 13.0 Å². The molecule has 3 nitrogen and oxygen atoms in total. The summed E-state index contributed by atoms with van der Waals surface area (Å²) < 4.78 is 0. The third-order valence-electron chi connectivity index (χ3n) is 3.12. The predicted molar refractivity (Wildman–Crippen MR) is 76.4 cm³/mol. The topological polar surface area (TPSA) is 56.7 Å². The smallest absolute Gasteiger partial charge is 0.101 e. The van der Waals surface area contributed by atoms with E-state index in [0.29, 0.717) is 0 Å². The zero-order valence-electron chi connectivity index (χ0n) is 11.0. The van der Waals surface area contributed by atoms with E-state index in [2.05, 4.69) is 5.32 Å². The zero-order chi connectivity index (χ0) is 14.4. The normalized spacial score (nSPS) is 10.4. The van der Waals surface area contributed by atoms with Gasteiger partial charge >= 0.3 is 0 Å². The molecule has 0 bridgehead atoms. The molecule has 0 aliphatic heterocycles. The molecule has 0 saturated heterocycles. The molecule has 104 valence electrons. The molecule has 0 amide bonds. The third kappa shape index (κ3) is 4.37.